The standard InChI is InChI=1S/C16H23NO3/c1-11-10-17(3)12(2)9-15(11)20-16(18)13-5-7-14(19-4)8-6-13/h5-8,11-12,15H,9-10H2,1-4H3/t11-,12-,15-/m1/s1. The van der Waals surface area contributed by atoms with Crippen molar-refractivity contribution in [2.45, 2.75) is 32.4 Å². The van der Waals surface area contributed by atoms with Gasteiger partial charge in [-0.25, -0.2) is 4.79 Å². The second kappa shape index (κ2) is 6.27. The lowest BCUT2D eigenvalue weighted by molar-refractivity contribution is -0.0196. The Morgan fingerprint density at radius 1 is 1.25 bits per heavy atom. The van der Waals surface area contributed by atoms with Crippen LogP contribution in [0.3, 0.4) is 0 Å². The van der Waals surface area contributed by atoms with Crippen molar-refractivity contribution >= 4 is 5.97 Å². The first kappa shape index (κ1) is 14.9. The van der Waals surface area contributed by atoms with Crippen molar-refractivity contribution in [3.8, 4) is 5.75 Å². The van der Waals surface area contributed by atoms with E-state index in [-0.39, 0.29) is 12.1 Å². The molecule has 0 bridgehead atoms. The summed E-state index contributed by atoms with van der Waals surface area (Å²) in [7, 11) is 3.72. The van der Waals surface area contributed by atoms with E-state index < -0.39 is 0 Å². The number of methoxy groups -OCH3 is 1. The molecule has 0 unspecified atom stereocenters. The van der Waals surface area contributed by atoms with Crippen LogP contribution in [-0.2, 0) is 4.74 Å². The number of carbonyl (C=O) groups is 1. The van der Waals surface area contributed by atoms with Crippen molar-refractivity contribution in [1.82, 2.24) is 4.90 Å². The SMILES string of the molecule is COc1ccc(C(=O)O[C@@H]2C[C@@H](C)N(C)C[C@H]2C)cc1. The van der Waals surface area contributed by atoms with E-state index in [1.807, 2.05) is 0 Å². The number of ether oxygens (including phenoxy) is 2. The molecule has 0 radical (unpaired) electrons. The Labute approximate surface area is 120 Å². The summed E-state index contributed by atoms with van der Waals surface area (Å²) < 4.78 is 10.8. The van der Waals surface area contributed by atoms with Gasteiger partial charge in [0.1, 0.15) is 11.9 Å². The molecule has 20 heavy (non-hydrogen) atoms. The summed E-state index contributed by atoms with van der Waals surface area (Å²) in [4.78, 5) is 14.5. The average molecular weight is 277 g/mol. The highest BCUT2D eigenvalue weighted by atomic mass is 16.5. The number of esters is 1. The van der Waals surface area contributed by atoms with E-state index in [2.05, 4.69) is 25.8 Å². The van der Waals surface area contributed by atoms with Gasteiger partial charge in [-0.1, -0.05) is 6.92 Å². The third kappa shape index (κ3) is 3.31. The summed E-state index contributed by atoms with van der Waals surface area (Å²) in [6.45, 7) is 5.26. The smallest absolute Gasteiger partial charge is 0.338 e. The first-order valence-corrected chi connectivity index (χ1v) is 7.06. The molecule has 3 atom stereocenters. The molecule has 1 saturated heterocycles. The van der Waals surface area contributed by atoms with Crippen LogP contribution in [0.4, 0.5) is 0 Å². The first-order chi connectivity index (χ1) is 9.51. The van der Waals surface area contributed by atoms with Gasteiger partial charge in [0.05, 0.1) is 12.7 Å². The summed E-state index contributed by atoms with van der Waals surface area (Å²) in [5, 5.41) is 0. The molecule has 0 aliphatic carbocycles. The third-order valence-corrected chi connectivity index (χ3v) is 4.12. The highest BCUT2D eigenvalue weighted by molar-refractivity contribution is 5.89. The van der Waals surface area contributed by atoms with Gasteiger partial charge in [0.15, 0.2) is 0 Å². The summed E-state index contributed by atoms with van der Waals surface area (Å²) in [5.41, 5.74) is 0.574. The zero-order valence-electron chi connectivity index (χ0n) is 12.6. The van der Waals surface area contributed by atoms with Gasteiger partial charge in [-0.2, -0.15) is 0 Å². The predicted molar refractivity (Wildman–Crippen MR) is 78.1 cm³/mol. The Balaban J connectivity index is 1.99. The minimum atomic E-state index is -0.249. The minimum Gasteiger partial charge on any atom is -0.497 e. The molecule has 2 rings (SSSR count). The number of piperidine rings is 1. The van der Waals surface area contributed by atoms with Crippen LogP contribution in [0.2, 0.25) is 0 Å². The fourth-order valence-corrected chi connectivity index (χ4v) is 2.60. The van der Waals surface area contributed by atoms with Gasteiger partial charge in [0, 0.05) is 18.5 Å². The maximum Gasteiger partial charge on any atom is 0.338 e. The highest BCUT2D eigenvalue weighted by Crippen LogP contribution is 2.24. The molecule has 1 aromatic rings. The topological polar surface area (TPSA) is 38.8 Å². The van der Waals surface area contributed by atoms with Crippen LogP contribution in [0, 0.1) is 5.92 Å². The van der Waals surface area contributed by atoms with E-state index >= 15 is 0 Å². The van der Waals surface area contributed by atoms with Crippen LogP contribution in [-0.4, -0.2) is 43.7 Å². The molecule has 0 amide bonds. The summed E-state index contributed by atoms with van der Waals surface area (Å²) in [6.07, 6.45) is 0.885. The van der Waals surface area contributed by atoms with E-state index in [0.717, 1.165) is 18.7 Å². The fourth-order valence-electron chi connectivity index (χ4n) is 2.60. The summed E-state index contributed by atoms with van der Waals surface area (Å²) in [5.74, 6) is 0.850. The zero-order valence-corrected chi connectivity index (χ0v) is 12.6. The van der Waals surface area contributed by atoms with Gasteiger partial charge in [-0.05, 0) is 44.7 Å². The van der Waals surface area contributed by atoms with Gasteiger partial charge in [-0.15, -0.1) is 0 Å². The molecule has 110 valence electrons. The van der Waals surface area contributed by atoms with E-state index in [1.165, 1.54) is 0 Å². The van der Waals surface area contributed by atoms with Crippen molar-refractivity contribution in [3.05, 3.63) is 29.8 Å². The number of likely N-dealkylation sites (tertiary alicyclic amines) is 1. The Hall–Kier alpha value is -1.55. The van der Waals surface area contributed by atoms with E-state index in [1.54, 1.807) is 31.4 Å². The normalized spacial score (nSPS) is 27.1. The second-order valence-electron chi connectivity index (χ2n) is 5.67. The van der Waals surface area contributed by atoms with Crippen LogP contribution < -0.4 is 4.74 Å². The Kier molecular flexibility index (Phi) is 4.65. The maximum absolute atomic E-state index is 12.2. The van der Waals surface area contributed by atoms with Crippen LogP contribution >= 0.6 is 0 Å². The van der Waals surface area contributed by atoms with Gasteiger partial charge < -0.3 is 14.4 Å². The van der Waals surface area contributed by atoms with Crippen molar-refractivity contribution in [2.24, 2.45) is 5.92 Å². The second-order valence-corrected chi connectivity index (χ2v) is 5.67. The number of hydrogen-bond acceptors (Lipinski definition) is 4. The minimum absolute atomic E-state index is 0.00389. The number of carbonyl (C=O) groups excluding carboxylic acids is 1. The number of nitrogens with zero attached hydrogens (tertiary/aromatic N) is 1. The number of hydrogen-bond donors (Lipinski definition) is 0. The fraction of sp³-hybridized carbons (Fsp3) is 0.562. The van der Waals surface area contributed by atoms with Crippen LogP contribution in [0.1, 0.15) is 30.6 Å². The molecular formula is C16H23NO3. The lowest BCUT2D eigenvalue weighted by Crippen LogP contribution is -2.46. The molecule has 0 saturated carbocycles. The molecular weight excluding hydrogens is 254 g/mol. The summed E-state index contributed by atoms with van der Waals surface area (Å²) in [6, 6.07) is 7.48. The first-order valence-electron chi connectivity index (χ1n) is 7.06. The molecule has 0 N–H and O–H groups in total. The lowest BCUT2D eigenvalue weighted by atomic mass is 9.92. The van der Waals surface area contributed by atoms with Crippen molar-refractivity contribution < 1.29 is 14.3 Å². The van der Waals surface area contributed by atoms with Crippen molar-refractivity contribution in [3.63, 3.8) is 0 Å². The van der Waals surface area contributed by atoms with Crippen LogP contribution in [0.5, 0.6) is 5.75 Å². The average Bonchev–Trinajstić information content (AvgIpc) is 2.44. The van der Waals surface area contributed by atoms with E-state index in [0.29, 0.717) is 17.5 Å². The highest BCUT2D eigenvalue weighted by Gasteiger charge is 2.31. The van der Waals surface area contributed by atoms with Gasteiger partial charge in [0.25, 0.3) is 0 Å². The van der Waals surface area contributed by atoms with Gasteiger partial charge in [-0.3, -0.25) is 0 Å². The monoisotopic (exact) mass is 277 g/mol. The Bertz CT molecular complexity index is 457. The maximum atomic E-state index is 12.2. The molecule has 1 fully saturated rings. The van der Waals surface area contributed by atoms with Crippen LogP contribution in [0.25, 0.3) is 0 Å². The van der Waals surface area contributed by atoms with Crippen LogP contribution in [0.15, 0.2) is 24.3 Å². The molecule has 0 spiro atoms. The third-order valence-electron chi connectivity index (χ3n) is 4.12. The molecule has 1 aliphatic heterocycles. The van der Waals surface area contributed by atoms with Crippen molar-refractivity contribution in [1.29, 1.82) is 0 Å². The Morgan fingerprint density at radius 2 is 1.90 bits per heavy atom. The van der Waals surface area contributed by atoms with Gasteiger partial charge in [0.2, 0.25) is 0 Å². The van der Waals surface area contributed by atoms with E-state index in [9.17, 15) is 4.79 Å². The van der Waals surface area contributed by atoms with E-state index in [4.69, 9.17) is 9.47 Å². The quantitative estimate of drug-likeness (QED) is 0.796. The molecule has 0 aromatic heterocycles. The molecule has 1 aliphatic rings. The molecule has 1 aromatic carbocycles. The lowest BCUT2D eigenvalue weighted by Gasteiger charge is -2.39. The Morgan fingerprint density at radius 3 is 2.50 bits per heavy atom. The summed E-state index contributed by atoms with van der Waals surface area (Å²) >= 11 is 0. The molecule has 4 heteroatoms. The molecule has 1 heterocycles. The molecule has 4 nitrogen and oxygen atoms in total. The number of rotatable bonds is 3. The predicted octanol–water partition coefficient (Wildman–Crippen LogP) is 2.58. The zero-order chi connectivity index (χ0) is 14.7. The largest absolute Gasteiger partial charge is 0.497 e. The van der Waals surface area contributed by atoms with Crippen molar-refractivity contribution in [2.75, 3.05) is 20.7 Å². The number of benzene rings is 1. The van der Waals surface area contributed by atoms with Gasteiger partial charge >= 0.3 is 5.97 Å².